The van der Waals surface area contributed by atoms with Crippen molar-refractivity contribution in [3.05, 3.63) is 36.0 Å². The van der Waals surface area contributed by atoms with Gasteiger partial charge >= 0.3 is 0 Å². The van der Waals surface area contributed by atoms with Crippen LogP contribution in [0.2, 0.25) is 0 Å². The Morgan fingerprint density at radius 1 is 1.35 bits per heavy atom. The molecule has 0 aliphatic heterocycles. The van der Waals surface area contributed by atoms with Crippen LogP contribution in [0, 0.1) is 0 Å². The summed E-state index contributed by atoms with van der Waals surface area (Å²) in [7, 11) is 1.63. The minimum Gasteiger partial charge on any atom is -0.497 e. The highest BCUT2D eigenvalue weighted by molar-refractivity contribution is 7.98. The summed E-state index contributed by atoms with van der Waals surface area (Å²) in [5, 5.41) is 11.9. The molecule has 0 bridgehead atoms. The predicted octanol–water partition coefficient (Wildman–Crippen LogP) is 3.03. The van der Waals surface area contributed by atoms with E-state index in [1.54, 1.807) is 7.11 Å². The van der Waals surface area contributed by atoms with Gasteiger partial charge in [-0.3, -0.25) is 5.10 Å². The molecule has 0 amide bonds. The summed E-state index contributed by atoms with van der Waals surface area (Å²) in [6.45, 7) is 0. The summed E-state index contributed by atoms with van der Waals surface area (Å²) in [5.41, 5.74) is 0.860. The molecule has 1 aliphatic rings. The molecule has 2 aromatic heterocycles. The standard InChI is InChI=1S/C15H15N5O2S/c1-21-11-4-2-3-10(7-11)14-16-12(22-20-14)8-23-15-17-13(18-19-15)9-5-6-9/h2-4,7,9H,5-6,8H2,1H3,(H,17,18,19). The summed E-state index contributed by atoms with van der Waals surface area (Å²) in [6, 6.07) is 7.56. The second kappa shape index (κ2) is 6.04. The maximum absolute atomic E-state index is 5.29. The van der Waals surface area contributed by atoms with E-state index in [1.165, 1.54) is 24.6 Å². The number of methoxy groups -OCH3 is 1. The van der Waals surface area contributed by atoms with Crippen LogP contribution in [-0.4, -0.2) is 32.4 Å². The van der Waals surface area contributed by atoms with E-state index in [2.05, 4.69) is 25.3 Å². The van der Waals surface area contributed by atoms with E-state index in [0.717, 1.165) is 17.1 Å². The van der Waals surface area contributed by atoms with Crippen LogP contribution >= 0.6 is 11.8 Å². The molecule has 3 aromatic rings. The van der Waals surface area contributed by atoms with Crippen molar-refractivity contribution < 1.29 is 9.26 Å². The van der Waals surface area contributed by atoms with E-state index in [0.29, 0.717) is 28.5 Å². The van der Waals surface area contributed by atoms with Crippen LogP contribution < -0.4 is 4.74 Å². The van der Waals surface area contributed by atoms with Gasteiger partial charge in [-0.1, -0.05) is 29.1 Å². The lowest BCUT2D eigenvalue weighted by atomic mass is 10.2. The van der Waals surface area contributed by atoms with E-state index < -0.39 is 0 Å². The Balaban J connectivity index is 1.42. The first kappa shape index (κ1) is 14.3. The fourth-order valence-corrected chi connectivity index (χ4v) is 2.82. The van der Waals surface area contributed by atoms with E-state index in [9.17, 15) is 0 Å². The van der Waals surface area contributed by atoms with E-state index >= 15 is 0 Å². The SMILES string of the molecule is COc1cccc(-c2noc(CSc3n[nH]c(C4CC4)n3)n2)c1. The maximum atomic E-state index is 5.29. The van der Waals surface area contributed by atoms with E-state index in [1.807, 2.05) is 24.3 Å². The zero-order valence-corrected chi connectivity index (χ0v) is 13.3. The summed E-state index contributed by atoms with van der Waals surface area (Å²) in [6.07, 6.45) is 2.40. The molecule has 1 aliphatic carbocycles. The van der Waals surface area contributed by atoms with Gasteiger partial charge in [0, 0.05) is 11.5 Å². The van der Waals surface area contributed by atoms with Gasteiger partial charge in [-0.25, -0.2) is 4.98 Å². The van der Waals surface area contributed by atoms with Crippen LogP contribution in [0.3, 0.4) is 0 Å². The van der Waals surface area contributed by atoms with Gasteiger partial charge in [-0.2, -0.15) is 4.98 Å². The number of hydrogen-bond donors (Lipinski definition) is 1. The monoisotopic (exact) mass is 329 g/mol. The first-order valence-corrected chi connectivity index (χ1v) is 8.32. The summed E-state index contributed by atoms with van der Waals surface area (Å²) >= 11 is 1.48. The van der Waals surface area contributed by atoms with Gasteiger partial charge in [-0.05, 0) is 25.0 Å². The third-order valence-electron chi connectivity index (χ3n) is 3.57. The second-order valence-electron chi connectivity index (χ2n) is 5.31. The number of aromatic amines is 1. The fourth-order valence-electron chi connectivity index (χ4n) is 2.18. The van der Waals surface area contributed by atoms with Crippen molar-refractivity contribution in [2.75, 3.05) is 7.11 Å². The second-order valence-corrected chi connectivity index (χ2v) is 6.25. The van der Waals surface area contributed by atoms with Gasteiger partial charge in [0.05, 0.1) is 12.9 Å². The lowest BCUT2D eigenvalue weighted by Gasteiger charge is -1.99. The minimum absolute atomic E-state index is 0.541. The van der Waals surface area contributed by atoms with Gasteiger partial charge in [0.15, 0.2) is 0 Å². The van der Waals surface area contributed by atoms with Crippen molar-refractivity contribution in [1.82, 2.24) is 25.3 Å². The minimum atomic E-state index is 0.541. The molecule has 118 valence electrons. The lowest BCUT2D eigenvalue weighted by Crippen LogP contribution is -1.86. The van der Waals surface area contributed by atoms with Crippen molar-refractivity contribution in [2.45, 2.75) is 29.7 Å². The third kappa shape index (κ3) is 3.21. The van der Waals surface area contributed by atoms with Crippen molar-refractivity contribution in [2.24, 2.45) is 0 Å². The Morgan fingerprint density at radius 3 is 3.09 bits per heavy atom. The first-order valence-electron chi connectivity index (χ1n) is 7.34. The average molecular weight is 329 g/mol. The van der Waals surface area contributed by atoms with E-state index in [-0.39, 0.29) is 0 Å². The number of nitrogens with one attached hydrogen (secondary N) is 1. The Hall–Kier alpha value is -2.35. The zero-order valence-electron chi connectivity index (χ0n) is 12.5. The Morgan fingerprint density at radius 2 is 2.26 bits per heavy atom. The molecule has 1 fully saturated rings. The maximum Gasteiger partial charge on any atom is 0.237 e. The van der Waals surface area contributed by atoms with Crippen LogP contribution in [0.4, 0.5) is 0 Å². The normalized spacial score (nSPS) is 14.1. The quantitative estimate of drug-likeness (QED) is 0.695. The highest BCUT2D eigenvalue weighted by Crippen LogP contribution is 2.38. The largest absolute Gasteiger partial charge is 0.497 e. The van der Waals surface area contributed by atoms with Gasteiger partial charge in [0.1, 0.15) is 11.6 Å². The first-order chi connectivity index (χ1) is 11.3. The number of ether oxygens (including phenoxy) is 1. The topological polar surface area (TPSA) is 89.7 Å². The molecule has 23 heavy (non-hydrogen) atoms. The molecule has 1 saturated carbocycles. The van der Waals surface area contributed by atoms with Gasteiger partial charge in [0.25, 0.3) is 0 Å². The Labute approximate surface area is 136 Å². The van der Waals surface area contributed by atoms with Crippen molar-refractivity contribution in [3.63, 3.8) is 0 Å². The third-order valence-corrected chi connectivity index (χ3v) is 4.40. The number of benzene rings is 1. The highest BCUT2D eigenvalue weighted by Gasteiger charge is 2.27. The number of hydrogen-bond acceptors (Lipinski definition) is 7. The average Bonchev–Trinajstić information content (AvgIpc) is 3.15. The van der Waals surface area contributed by atoms with Gasteiger partial charge < -0.3 is 9.26 Å². The van der Waals surface area contributed by atoms with Gasteiger partial charge in [0.2, 0.25) is 16.9 Å². The molecule has 0 atom stereocenters. The number of thioether (sulfide) groups is 1. The molecular formula is C15H15N5O2S. The molecule has 1 aromatic carbocycles. The molecule has 0 saturated heterocycles. The van der Waals surface area contributed by atoms with Crippen LogP contribution in [-0.2, 0) is 5.75 Å². The summed E-state index contributed by atoms with van der Waals surface area (Å²) in [4.78, 5) is 8.87. The Kier molecular flexibility index (Phi) is 3.74. The van der Waals surface area contributed by atoms with Gasteiger partial charge in [-0.15, -0.1) is 5.10 Å². The van der Waals surface area contributed by atoms with Crippen LogP contribution in [0.25, 0.3) is 11.4 Å². The lowest BCUT2D eigenvalue weighted by molar-refractivity contribution is 0.391. The highest BCUT2D eigenvalue weighted by atomic mass is 32.2. The van der Waals surface area contributed by atoms with Crippen molar-refractivity contribution >= 4 is 11.8 Å². The number of rotatable bonds is 6. The molecular weight excluding hydrogens is 314 g/mol. The zero-order chi connectivity index (χ0) is 15.6. The van der Waals surface area contributed by atoms with Crippen LogP contribution in [0.15, 0.2) is 33.9 Å². The molecule has 7 nitrogen and oxygen atoms in total. The molecule has 8 heteroatoms. The smallest absolute Gasteiger partial charge is 0.237 e. The Bertz CT molecular complexity index is 812. The van der Waals surface area contributed by atoms with Crippen LogP contribution in [0.5, 0.6) is 5.75 Å². The number of aromatic nitrogens is 5. The van der Waals surface area contributed by atoms with Crippen molar-refractivity contribution in [3.8, 4) is 17.1 Å². The number of H-pyrrole nitrogens is 1. The molecule has 1 N–H and O–H groups in total. The summed E-state index contributed by atoms with van der Waals surface area (Å²) < 4.78 is 10.5. The van der Waals surface area contributed by atoms with Crippen molar-refractivity contribution in [1.29, 1.82) is 0 Å². The molecule has 0 spiro atoms. The molecule has 4 rings (SSSR count). The molecule has 0 radical (unpaired) electrons. The van der Waals surface area contributed by atoms with Crippen LogP contribution in [0.1, 0.15) is 30.5 Å². The predicted molar refractivity (Wildman–Crippen MR) is 84.2 cm³/mol. The summed E-state index contributed by atoms with van der Waals surface area (Å²) in [5.74, 6) is 3.95. The molecule has 0 unspecified atom stereocenters. The molecule has 2 heterocycles. The number of nitrogens with zero attached hydrogens (tertiary/aromatic N) is 4. The fraction of sp³-hybridized carbons (Fsp3) is 0.333. The van der Waals surface area contributed by atoms with E-state index in [4.69, 9.17) is 9.26 Å².